The van der Waals surface area contributed by atoms with Gasteiger partial charge >= 0.3 is 0 Å². The molecule has 1 saturated heterocycles. The van der Waals surface area contributed by atoms with E-state index in [4.69, 9.17) is 0 Å². The molecule has 1 aromatic heterocycles. The largest absolute Gasteiger partial charge is 0.311 e. The molecule has 0 spiro atoms. The second kappa shape index (κ2) is 6.83. The number of hydrogen-bond acceptors (Lipinski definition) is 4. The highest BCUT2D eigenvalue weighted by Gasteiger charge is 2.18. The summed E-state index contributed by atoms with van der Waals surface area (Å²) >= 11 is 0. The smallest absolute Gasteiger partial charge is 0.0322 e. The first-order valence-electron chi connectivity index (χ1n) is 6.73. The first kappa shape index (κ1) is 13.5. The highest BCUT2D eigenvalue weighted by Crippen LogP contribution is 2.07. The molecule has 1 atom stereocenters. The summed E-state index contributed by atoms with van der Waals surface area (Å²) in [6, 6.07) is 4.79. The van der Waals surface area contributed by atoms with E-state index in [1.54, 1.807) is 0 Å². The van der Waals surface area contributed by atoms with Gasteiger partial charge in [0.25, 0.3) is 0 Å². The third kappa shape index (κ3) is 4.37. The molecular weight excluding hydrogens is 224 g/mol. The van der Waals surface area contributed by atoms with Crippen LogP contribution in [0.1, 0.15) is 12.0 Å². The van der Waals surface area contributed by atoms with Crippen LogP contribution in [-0.4, -0.2) is 61.1 Å². The molecule has 0 aromatic carbocycles. The minimum absolute atomic E-state index is 0.573. The van der Waals surface area contributed by atoms with Gasteiger partial charge in [0, 0.05) is 38.1 Å². The molecule has 1 aliphatic rings. The van der Waals surface area contributed by atoms with Gasteiger partial charge in [-0.2, -0.15) is 0 Å². The fraction of sp³-hybridized carbons (Fsp3) is 0.643. The maximum atomic E-state index is 4.07. The van der Waals surface area contributed by atoms with E-state index in [9.17, 15) is 0 Å². The Bertz CT molecular complexity index is 339. The number of hydrogen-bond donors (Lipinski definition) is 1. The molecule has 100 valence electrons. The summed E-state index contributed by atoms with van der Waals surface area (Å²) in [5.41, 5.74) is 1.36. The zero-order valence-corrected chi connectivity index (χ0v) is 11.5. The Morgan fingerprint density at radius 1 is 1.39 bits per heavy atom. The minimum atomic E-state index is 0.573. The Balaban J connectivity index is 1.91. The van der Waals surface area contributed by atoms with Crippen molar-refractivity contribution in [3.05, 3.63) is 30.1 Å². The third-order valence-electron chi connectivity index (χ3n) is 3.30. The first-order valence-corrected chi connectivity index (χ1v) is 6.73. The van der Waals surface area contributed by atoms with Gasteiger partial charge in [-0.25, -0.2) is 0 Å². The van der Waals surface area contributed by atoms with Crippen LogP contribution in [0, 0.1) is 0 Å². The van der Waals surface area contributed by atoms with Gasteiger partial charge in [0.2, 0.25) is 0 Å². The van der Waals surface area contributed by atoms with Crippen molar-refractivity contribution in [2.45, 2.75) is 19.0 Å². The van der Waals surface area contributed by atoms with Gasteiger partial charge in [0.05, 0.1) is 0 Å². The molecule has 0 radical (unpaired) electrons. The molecule has 0 bridgehead atoms. The van der Waals surface area contributed by atoms with E-state index in [2.05, 4.69) is 46.3 Å². The molecule has 18 heavy (non-hydrogen) atoms. The average Bonchev–Trinajstić information content (AvgIpc) is 2.55. The first-order chi connectivity index (χ1) is 8.74. The quantitative estimate of drug-likeness (QED) is 0.854. The van der Waals surface area contributed by atoms with E-state index in [1.807, 2.05) is 12.4 Å². The van der Waals surface area contributed by atoms with E-state index in [1.165, 1.54) is 18.5 Å². The van der Waals surface area contributed by atoms with Crippen molar-refractivity contribution in [3.8, 4) is 0 Å². The number of nitrogens with zero attached hydrogens (tertiary/aromatic N) is 3. The second-order valence-corrected chi connectivity index (χ2v) is 5.36. The lowest BCUT2D eigenvalue weighted by atomic mass is 10.2. The standard InChI is InChI=1S/C14H24N4/c1-17(2)11-14-12-18(9-3-6-16-14)10-13-4-7-15-8-5-13/h4-5,7-8,14,16H,3,6,9-12H2,1-2H3. The SMILES string of the molecule is CN(C)CC1CN(Cc2ccncc2)CCCN1. The van der Waals surface area contributed by atoms with Crippen molar-refractivity contribution in [1.82, 2.24) is 20.1 Å². The molecule has 2 heterocycles. The van der Waals surface area contributed by atoms with Crippen LogP contribution < -0.4 is 5.32 Å². The molecule has 1 unspecified atom stereocenters. The minimum Gasteiger partial charge on any atom is -0.311 e. The van der Waals surface area contributed by atoms with Gasteiger partial charge in [0.15, 0.2) is 0 Å². The Kier molecular flexibility index (Phi) is 5.11. The predicted octanol–water partition coefficient (Wildman–Crippen LogP) is 0.807. The fourth-order valence-corrected chi connectivity index (χ4v) is 2.53. The van der Waals surface area contributed by atoms with Crippen molar-refractivity contribution in [2.75, 3.05) is 40.3 Å². The van der Waals surface area contributed by atoms with Crippen molar-refractivity contribution >= 4 is 0 Å². The van der Waals surface area contributed by atoms with E-state index in [-0.39, 0.29) is 0 Å². The van der Waals surface area contributed by atoms with Gasteiger partial charge in [-0.05, 0) is 51.3 Å². The molecule has 0 saturated carbocycles. The summed E-state index contributed by atoms with van der Waals surface area (Å²) in [7, 11) is 4.28. The number of rotatable bonds is 4. The van der Waals surface area contributed by atoms with E-state index < -0.39 is 0 Å². The summed E-state index contributed by atoms with van der Waals surface area (Å²) in [5, 5.41) is 3.63. The highest BCUT2D eigenvalue weighted by molar-refractivity contribution is 5.09. The van der Waals surface area contributed by atoms with Gasteiger partial charge in [-0.1, -0.05) is 0 Å². The summed E-state index contributed by atoms with van der Waals surface area (Å²) in [6.07, 6.45) is 4.99. The topological polar surface area (TPSA) is 31.4 Å². The Morgan fingerprint density at radius 2 is 2.17 bits per heavy atom. The van der Waals surface area contributed by atoms with Gasteiger partial charge in [-0.15, -0.1) is 0 Å². The Labute approximate surface area is 110 Å². The van der Waals surface area contributed by atoms with Crippen LogP contribution in [0.2, 0.25) is 0 Å². The van der Waals surface area contributed by atoms with Crippen LogP contribution in [0.4, 0.5) is 0 Å². The van der Waals surface area contributed by atoms with Crippen LogP contribution in [0.5, 0.6) is 0 Å². The van der Waals surface area contributed by atoms with Crippen LogP contribution >= 0.6 is 0 Å². The molecule has 1 fully saturated rings. The van der Waals surface area contributed by atoms with E-state index in [0.717, 1.165) is 26.2 Å². The lowest BCUT2D eigenvalue weighted by Crippen LogP contribution is -2.43. The molecule has 1 aromatic rings. The average molecular weight is 248 g/mol. The maximum Gasteiger partial charge on any atom is 0.0322 e. The van der Waals surface area contributed by atoms with Crippen molar-refractivity contribution in [2.24, 2.45) is 0 Å². The lowest BCUT2D eigenvalue weighted by Gasteiger charge is -2.26. The Morgan fingerprint density at radius 3 is 2.89 bits per heavy atom. The molecule has 2 rings (SSSR count). The molecule has 0 aliphatic carbocycles. The number of nitrogens with one attached hydrogen (secondary N) is 1. The number of likely N-dealkylation sites (N-methyl/N-ethyl adjacent to an activating group) is 1. The molecule has 1 aliphatic heterocycles. The summed E-state index contributed by atoms with van der Waals surface area (Å²) in [4.78, 5) is 8.88. The van der Waals surface area contributed by atoms with Gasteiger partial charge in [0.1, 0.15) is 0 Å². The molecule has 4 nitrogen and oxygen atoms in total. The molecule has 0 amide bonds. The number of pyridine rings is 1. The van der Waals surface area contributed by atoms with Crippen LogP contribution in [-0.2, 0) is 6.54 Å². The van der Waals surface area contributed by atoms with Crippen molar-refractivity contribution in [1.29, 1.82) is 0 Å². The van der Waals surface area contributed by atoms with Crippen molar-refractivity contribution in [3.63, 3.8) is 0 Å². The van der Waals surface area contributed by atoms with Crippen molar-refractivity contribution < 1.29 is 0 Å². The zero-order valence-electron chi connectivity index (χ0n) is 11.5. The summed E-state index contributed by atoms with van der Waals surface area (Å²) < 4.78 is 0. The zero-order chi connectivity index (χ0) is 12.8. The maximum absolute atomic E-state index is 4.07. The van der Waals surface area contributed by atoms with Crippen LogP contribution in [0.25, 0.3) is 0 Å². The predicted molar refractivity (Wildman–Crippen MR) is 74.5 cm³/mol. The molecule has 1 N–H and O–H groups in total. The third-order valence-corrected chi connectivity index (χ3v) is 3.30. The summed E-state index contributed by atoms with van der Waals surface area (Å²) in [5.74, 6) is 0. The Hall–Kier alpha value is -0.970. The fourth-order valence-electron chi connectivity index (χ4n) is 2.53. The lowest BCUT2D eigenvalue weighted by molar-refractivity contribution is 0.236. The summed E-state index contributed by atoms with van der Waals surface area (Å²) in [6.45, 7) is 5.58. The van der Waals surface area contributed by atoms with Crippen LogP contribution in [0.3, 0.4) is 0 Å². The van der Waals surface area contributed by atoms with Gasteiger partial charge in [-0.3, -0.25) is 9.88 Å². The molecular formula is C14H24N4. The second-order valence-electron chi connectivity index (χ2n) is 5.36. The highest BCUT2D eigenvalue weighted by atomic mass is 15.2. The monoisotopic (exact) mass is 248 g/mol. The van der Waals surface area contributed by atoms with E-state index in [0.29, 0.717) is 6.04 Å². The van der Waals surface area contributed by atoms with Gasteiger partial charge < -0.3 is 10.2 Å². The normalized spacial score (nSPS) is 22.1. The number of aromatic nitrogens is 1. The molecule has 4 heteroatoms. The van der Waals surface area contributed by atoms with E-state index >= 15 is 0 Å². The van der Waals surface area contributed by atoms with Crippen LogP contribution in [0.15, 0.2) is 24.5 Å².